The lowest BCUT2D eigenvalue weighted by Gasteiger charge is -2.27. The van der Waals surface area contributed by atoms with E-state index < -0.39 is 11.5 Å². The monoisotopic (exact) mass is 293 g/mol. The topological polar surface area (TPSA) is 66.4 Å². The molecule has 1 aromatic carbocycles. The molecule has 0 radical (unpaired) electrons. The van der Waals surface area contributed by atoms with Crippen LogP contribution in [-0.4, -0.2) is 22.5 Å². The Morgan fingerprint density at radius 3 is 2.67 bits per heavy atom. The SMILES string of the molecule is C[C@H](CC(=O)N[C@@](C)(C(=O)O)C1CC1)c1cccc(F)c1. The minimum absolute atomic E-state index is 0.00317. The second kappa shape index (κ2) is 5.84. The Balaban J connectivity index is 1.99. The van der Waals surface area contributed by atoms with E-state index in [0.29, 0.717) is 0 Å². The average molecular weight is 293 g/mol. The van der Waals surface area contributed by atoms with Crippen molar-refractivity contribution in [3.05, 3.63) is 35.6 Å². The summed E-state index contributed by atoms with van der Waals surface area (Å²) in [6, 6.07) is 6.11. The highest BCUT2D eigenvalue weighted by Gasteiger charge is 2.48. The van der Waals surface area contributed by atoms with Gasteiger partial charge in [-0.2, -0.15) is 0 Å². The molecule has 4 nitrogen and oxygen atoms in total. The molecule has 2 N–H and O–H groups in total. The molecule has 1 saturated carbocycles. The molecule has 1 aliphatic carbocycles. The number of amides is 1. The molecule has 1 amide bonds. The fraction of sp³-hybridized carbons (Fsp3) is 0.500. The van der Waals surface area contributed by atoms with Crippen molar-refractivity contribution in [3.63, 3.8) is 0 Å². The maximum absolute atomic E-state index is 13.2. The minimum Gasteiger partial charge on any atom is -0.480 e. The van der Waals surface area contributed by atoms with E-state index in [0.717, 1.165) is 18.4 Å². The van der Waals surface area contributed by atoms with Crippen LogP contribution in [0.2, 0.25) is 0 Å². The van der Waals surface area contributed by atoms with Gasteiger partial charge in [0.05, 0.1) is 0 Å². The third-order valence-corrected chi connectivity index (χ3v) is 4.15. The Morgan fingerprint density at radius 2 is 2.14 bits per heavy atom. The molecule has 0 bridgehead atoms. The van der Waals surface area contributed by atoms with Gasteiger partial charge in [0.15, 0.2) is 0 Å². The van der Waals surface area contributed by atoms with Crippen molar-refractivity contribution < 1.29 is 19.1 Å². The molecule has 1 aliphatic rings. The first kappa shape index (κ1) is 15.5. The Kier molecular flexibility index (Phi) is 4.30. The summed E-state index contributed by atoms with van der Waals surface area (Å²) in [6.45, 7) is 3.38. The fourth-order valence-electron chi connectivity index (χ4n) is 2.54. The van der Waals surface area contributed by atoms with Crippen LogP contribution in [0.3, 0.4) is 0 Å². The second-order valence-corrected chi connectivity index (χ2v) is 5.99. The molecule has 2 atom stereocenters. The first-order valence-corrected chi connectivity index (χ1v) is 7.13. The highest BCUT2D eigenvalue weighted by atomic mass is 19.1. The van der Waals surface area contributed by atoms with Crippen molar-refractivity contribution in [1.82, 2.24) is 5.32 Å². The number of rotatable bonds is 6. The Bertz CT molecular complexity index is 556. The van der Waals surface area contributed by atoms with Crippen molar-refractivity contribution in [3.8, 4) is 0 Å². The first-order valence-electron chi connectivity index (χ1n) is 7.13. The van der Waals surface area contributed by atoms with Gasteiger partial charge in [-0.15, -0.1) is 0 Å². The van der Waals surface area contributed by atoms with E-state index in [4.69, 9.17) is 0 Å². The predicted octanol–water partition coefficient (Wildman–Crippen LogP) is 2.69. The molecular weight excluding hydrogens is 273 g/mol. The van der Waals surface area contributed by atoms with E-state index in [1.165, 1.54) is 12.1 Å². The van der Waals surface area contributed by atoms with Gasteiger partial charge in [0, 0.05) is 6.42 Å². The van der Waals surface area contributed by atoms with E-state index in [9.17, 15) is 19.1 Å². The number of carbonyl (C=O) groups is 2. The third kappa shape index (κ3) is 3.60. The fourth-order valence-corrected chi connectivity index (χ4v) is 2.54. The summed E-state index contributed by atoms with van der Waals surface area (Å²) in [7, 11) is 0. The largest absolute Gasteiger partial charge is 0.480 e. The molecule has 0 aliphatic heterocycles. The summed E-state index contributed by atoms with van der Waals surface area (Å²) in [4.78, 5) is 23.5. The summed E-state index contributed by atoms with van der Waals surface area (Å²) >= 11 is 0. The number of hydrogen-bond donors (Lipinski definition) is 2. The summed E-state index contributed by atoms with van der Waals surface area (Å²) < 4.78 is 13.2. The summed E-state index contributed by atoms with van der Waals surface area (Å²) in [5.74, 6) is -1.82. The van der Waals surface area contributed by atoms with Crippen molar-refractivity contribution >= 4 is 11.9 Å². The van der Waals surface area contributed by atoms with Gasteiger partial charge < -0.3 is 10.4 Å². The molecule has 1 aromatic rings. The third-order valence-electron chi connectivity index (χ3n) is 4.15. The molecule has 1 fully saturated rings. The number of carbonyl (C=O) groups excluding carboxylic acids is 1. The van der Waals surface area contributed by atoms with Crippen LogP contribution in [0.15, 0.2) is 24.3 Å². The van der Waals surface area contributed by atoms with Gasteiger partial charge in [-0.1, -0.05) is 19.1 Å². The zero-order chi connectivity index (χ0) is 15.6. The van der Waals surface area contributed by atoms with Crippen LogP contribution in [0.1, 0.15) is 44.6 Å². The van der Waals surface area contributed by atoms with E-state index in [2.05, 4.69) is 5.32 Å². The van der Waals surface area contributed by atoms with Crippen molar-refractivity contribution in [1.29, 1.82) is 0 Å². The molecule has 2 rings (SSSR count). The summed E-state index contributed by atoms with van der Waals surface area (Å²) in [5.41, 5.74) is -0.466. The van der Waals surface area contributed by atoms with Crippen LogP contribution >= 0.6 is 0 Å². The molecule has 0 heterocycles. The van der Waals surface area contributed by atoms with Gasteiger partial charge in [0.2, 0.25) is 5.91 Å². The van der Waals surface area contributed by atoms with Crippen molar-refractivity contribution in [2.75, 3.05) is 0 Å². The zero-order valence-corrected chi connectivity index (χ0v) is 12.2. The maximum atomic E-state index is 13.2. The molecule has 0 aromatic heterocycles. The molecule has 0 spiro atoms. The number of carboxylic acids is 1. The highest BCUT2D eigenvalue weighted by molar-refractivity contribution is 5.87. The van der Waals surface area contributed by atoms with E-state index in [1.807, 2.05) is 6.92 Å². The van der Waals surface area contributed by atoms with Gasteiger partial charge in [-0.25, -0.2) is 9.18 Å². The van der Waals surface area contributed by atoms with Crippen molar-refractivity contribution in [2.45, 2.75) is 44.6 Å². The van der Waals surface area contributed by atoms with Gasteiger partial charge >= 0.3 is 5.97 Å². The van der Waals surface area contributed by atoms with Crippen LogP contribution in [0.25, 0.3) is 0 Å². The zero-order valence-electron chi connectivity index (χ0n) is 12.2. The van der Waals surface area contributed by atoms with Gasteiger partial charge in [0.1, 0.15) is 11.4 Å². The summed E-state index contributed by atoms with van der Waals surface area (Å²) in [5, 5.41) is 12.0. The number of aliphatic carboxylic acids is 1. The van der Waals surface area contributed by atoms with Crippen molar-refractivity contribution in [2.24, 2.45) is 5.92 Å². The van der Waals surface area contributed by atoms with Crippen LogP contribution in [-0.2, 0) is 9.59 Å². The molecular formula is C16H20FNO3. The Hall–Kier alpha value is -1.91. The quantitative estimate of drug-likeness (QED) is 0.847. The van der Waals surface area contributed by atoms with Crippen LogP contribution in [0.4, 0.5) is 4.39 Å². The van der Waals surface area contributed by atoms with Crippen LogP contribution in [0, 0.1) is 11.7 Å². The van der Waals surface area contributed by atoms with Gasteiger partial charge in [-0.3, -0.25) is 4.79 Å². The Labute approximate surface area is 123 Å². The normalized spacial score (nSPS) is 18.6. The predicted molar refractivity (Wildman–Crippen MR) is 76.3 cm³/mol. The van der Waals surface area contributed by atoms with E-state index in [-0.39, 0.29) is 30.0 Å². The number of hydrogen-bond acceptors (Lipinski definition) is 2. The molecule has 21 heavy (non-hydrogen) atoms. The molecule has 0 unspecified atom stereocenters. The van der Waals surface area contributed by atoms with E-state index in [1.54, 1.807) is 19.1 Å². The lowest BCUT2D eigenvalue weighted by Crippen LogP contribution is -2.54. The number of nitrogens with one attached hydrogen (secondary N) is 1. The first-order chi connectivity index (χ1) is 9.83. The van der Waals surface area contributed by atoms with E-state index >= 15 is 0 Å². The molecule has 114 valence electrons. The number of halogens is 1. The number of benzene rings is 1. The number of carboxylic acid groups (broad SMARTS) is 1. The molecule has 5 heteroatoms. The van der Waals surface area contributed by atoms with Gasteiger partial charge in [-0.05, 0) is 49.3 Å². The maximum Gasteiger partial charge on any atom is 0.329 e. The summed E-state index contributed by atoms with van der Waals surface area (Å²) in [6.07, 6.45) is 1.78. The molecule has 0 saturated heterocycles. The standard InChI is InChI=1S/C16H20FNO3/c1-10(11-4-3-5-13(17)9-11)8-14(19)18-16(2,15(20)21)12-6-7-12/h3-5,9-10,12H,6-8H2,1-2H3,(H,18,19)(H,20,21)/t10-,16-/m1/s1. The highest BCUT2D eigenvalue weighted by Crippen LogP contribution is 2.39. The minimum atomic E-state index is -1.20. The average Bonchev–Trinajstić information content (AvgIpc) is 3.22. The lowest BCUT2D eigenvalue weighted by atomic mass is 9.93. The van der Waals surface area contributed by atoms with Gasteiger partial charge in [0.25, 0.3) is 0 Å². The second-order valence-electron chi connectivity index (χ2n) is 5.99. The smallest absolute Gasteiger partial charge is 0.329 e. The van der Waals surface area contributed by atoms with Crippen LogP contribution < -0.4 is 5.32 Å². The Morgan fingerprint density at radius 1 is 1.48 bits per heavy atom. The lowest BCUT2D eigenvalue weighted by molar-refractivity contribution is -0.148. The van der Waals surface area contributed by atoms with Crippen LogP contribution in [0.5, 0.6) is 0 Å².